The Morgan fingerprint density at radius 2 is 1.68 bits per heavy atom. The fourth-order valence-electron chi connectivity index (χ4n) is 6.46. The van der Waals surface area contributed by atoms with E-state index in [4.69, 9.17) is 4.74 Å². The molecule has 3 saturated heterocycles. The van der Waals surface area contributed by atoms with Gasteiger partial charge < -0.3 is 19.4 Å². The number of aromatic amines is 1. The molecule has 0 bridgehead atoms. The number of carbonyl (C=O) groups is 2. The van der Waals surface area contributed by atoms with Gasteiger partial charge in [0.25, 0.3) is 11.8 Å². The lowest BCUT2D eigenvalue weighted by Gasteiger charge is -2.23. The van der Waals surface area contributed by atoms with Crippen LogP contribution in [0.15, 0.2) is 36.4 Å². The number of likely N-dealkylation sites (N-methyl/N-ethyl adjacent to an activating group) is 1. The largest absolute Gasteiger partial charge is 0.483 e. The van der Waals surface area contributed by atoms with Crippen molar-refractivity contribution in [1.82, 2.24) is 30.1 Å². The SMILES string of the molecule is Cc1ccc(OCC(=O)N2CCC3CN(C(=O)c4ccc5n[nH]nc5c4)CC3CC2)c(C2CCN(C)C2)c1. The van der Waals surface area contributed by atoms with Crippen LogP contribution in [0.3, 0.4) is 0 Å². The zero-order chi connectivity index (χ0) is 26.2. The van der Waals surface area contributed by atoms with Gasteiger partial charge in [-0.05, 0) is 81.4 Å². The minimum atomic E-state index is 0.0478. The van der Waals surface area contributed by atoms with Gasteiger partial charge in [0.2, 0.25) is 0 Å². The van der Waals surface area contributed by atoms with Gasteiger partial charge in [0.1, 0.15) is 16.8 Å². The summed E-state index contributed by atoms with van der Waals surface area (Å²) in [4.78, 5) is 32.6. The van der Waals surface area contributed by atoms with E-state index in [0.717, 1.165) is 56.7 Å². The second-order valence-corrected chi connectivity index (χ2v) is 11.3. The molecule has 3 aliphatic rings. The first-order valence-corrected chi connectivity index (χ1v) is 13.7. The fourth-order valence-corrected chi connectivity index (χ4v) is 6.46. The Balaban J connectivity index is 1.04. The number of hydrogen-bond acceptors (Lipinski definition) is 6. The Kier molecular flexibility index (Phi) is 6.78. The summed E-state index contributed by atoms with van der Waals surface area (Å²) in [5.41, 5.74) is 4.55. The third-order valence-corrected chi connectivity index (χ3v) is 8.67. The Morgan fingerprint density at radius 1 is 0.921 bits per heavy atom. The number of nitrogens with one attached hydrogen (secondary N) is 1. The Morgan fingerprint density at radius 3 is 2.42 bits per heavy atom. The third kappa shape index (κ3) is 4.99. The molecule has 1 N–H and O–H groups in total. The molecule has 0 spiro atoms. The lowest BCUT2D eigenvalue weighted by Crippen LogP contribution is -2.37. The average molecular weight is 517 g/mol. The number of aromatic nitrogens is 3. The number of nitrogens with zero attached hydrogens (tertiary/aromatic N) is 5. The summed E-state index contributed by atoms with van der Waals surface area (Å²) in [6, 6.07) is 11.8. The summed E-state index contributed by atoms with van der Waals surface area (Å²) in [7, 11) is 2.15. The first-order valence-electron chi connectivity index (χ1n) is 13.7. The predicted octanol–water partition coefficient (Wildman–Crippen LogP) is 3.08. The number of H-pyrrole nitrogens is 1. The van der Waals surface area contributed by atoms with E-state index in [-0.39, 0.29) is 18.4 Å². The van der Waals surface area contributed by atoms with Crippen LogP contribution in [0.2, 0.25) is 0 Å². The van der Waals surface area contributed by atoms with Gasteiger partial charge in [-0.1, -0.05) is 17.7 Å². The number of likely N-dealkylation sites (tertiary alicyclic amines) is 3. The van der Waals surface area contributed by atoms with Gasteiger partial charge in [-0.25, -0.2) is 0 Å². The summed E-state index contributed by atoms with van der Waals surface area (Å²) in [6.07, 6.45) is 2.94. The standard InChI is InChI=1S/C29H36N6O3/c1-19-3-6-27(24(13-19)23-7-10-33(2)15-23)38-18-28(36)34-11-8-21-16-35(17-22(21)9-12-34)29(37)20-4-5-25-26(14-20)31-32-30-25/h3-6,13-14,21-23H,7-12,15-18H2,1-2H3,(H,30,31,32). The van der Waals surface area contributed by atoms with Gasteiger partial charge in [0.15, 0.2) is 6.61 Å². The van der Waals surface area contributed by atoms with E-state index in [9.17, 15) is 9.59 Å². The van der Waals surface area contributed by atoms with Crippen LogP contribution in [0.1, 0.15) is 46.7 Å². The van der Waals surface area contributed by atoms with Gasteiger partial charge in [0.05, 0.1) is 0 Å². The van der Waals surface area contributed by atoms with Crippen LogP contribution in [0.25, 0.3) is 11.0 Å². The molecule has 3 aromatic rings. The van der Waals surface area contributed by atoms with Crippen molar-refractivity contribution in [3.8, 4) is 5.75 Å². The quantitative estimate of drug-likeness (QED) is 0.560. The van der Waals surface area contributed by atoms with Crippen molar-refractivity contribution in [1.29, 1.82) is 0 Å². The topological polar surface area (TPSA) is 94.7 Å². The molecule has 2 aromatic carbocycles. The zero-order valence-electron chi connectivity index (χ0n) is 22.2. The van der Waals surface area contributed by atoms with Crippen LogP contribution in [-0.4, -0.2) is 94.8 Å². The lowest BCUT2D eigenvalue weighted by molar-refractivity contribution is -0.133. The fraction of sp³-hybridized carbons (Fsp3) is 0.517. The number of amides is 2. The normalized spacial score (nSPS) is 24.0. The van der Waals surface area contributed by atoms with Crippen molar-refractivity contribution >= 4 is 22.8 Å². The highest BCUT2D eigenvalue weighted by Gasteiger charge is 2.38. The summed E-state index contributed by atoms with van der Waals surface area (Å²) < 4.78 is 6.14. The van der Waals surface area contributed by atoms with E-state index >= 15 is 0 Å². The van der Waals surface area contributed by atoms with Crippen molar-refractivity contribution in [3.63, 3.8) is 0 Å². The smallest absolute Gasteiger partial charge is 0.260 e. The second kappa shape index (κ2) is 10.4. The monoisotopic (exact) mass is 516 g/mol. The van der Waals surface area contributed by atoms with Crippen LogP contribution in [0, 0.1) is 18.8 Å². The Bertz CT molecular complexity index is 1320. The highest BCUT2D eigenvalue weighted by Crippen LogP contribution is 2.35. The van der Waals surface area contributed by atoms with Crippen molar-refractivity contribution in [3.05, 3.63) is 53.1 Å². The number of hydrogen-bond donors (Lipinski definition) is 1. The molecular weight excluding hydrogens is 480 g/mol. The maximum atomic E-state index is 13.2. The molecule has 4 heterocycles. The molecule has 9 nitrogen and oxygen atoms in total. The molecule has 200 valence electrons. The van der Waals surface area contributed by atoms with E-state index in [1.54, 1.807) is 6.07 Å². The molecule has 6 rings (SSSR count). The van der Waals surface area contributed by atoms with E-state index in [2.05, 4.69) is 46.4 Å². The molecule has 0 aliphatic carbocycles. The summed E-state index contributed by atoms with van der Waals surface area (Å²) >= 11 is 0. The molecule has 0 radical (unpaired) electrons. The predicted molar refractivity (Wildman–Crippen MR) is 144 cm³/mol. The molecular formula is C29H36N6O3. The number of aryl methyl sites for hydroxylation is 1. The van der Waals surface area contributed by atoms with Crippen LogP contribution in [0.5, 0.6) is 5.75 Å². The van der Waals surface area contributed by atoms with Gasteiger partial charge in [-0.3, -0.25) is 9.59 Å². The maximum Gasteiger partial charge on any atom is 0.260 e. The highest BCUT2D eigenvalue weighted by atomic mass is 16.5. The first-order chi connectivity index (χ1) is 18.4. The average Bonchev–Trinajstić information content (AvgIpc) is 3.64. The number of fused-ring (bicyclic) bond motifs is 2. The van der Waals surface area contributed by atoms with Crippen molar-refractivity contribution in [2.24, 2.45) is 11.8 Å². The molecule has 1 aromatic heterocycles. The van der Waals surface area contributed by atoms with Gasteiger partial charge >= 0.3 is 0 Å². The Labute approximate surface area is 223 Å². The molecule has 3 atom stereocenters. The Hall–Kier alpha value is -3.46. The summed E-state index contributed by atoms with van der Waals surface area (Å²) in [5, 5.41) is 10.8. The molecule has 3 unspecified atom stereocenters. The van der Waals surface area contributed by atoms with Crippen molar-refractivity contribution in [2.75, 3.05) is 52.9 Å². The van der Waals surface area contributed by atoms with Crippen LogP contribution in [0.4, 0.5) is 0 Å². The number of benzene rings is 2. The van der Waals surface area contributed by atoms with Crippen LogP contribution >= 0.6 is 0 Å². The number of ether oxygens (including phenoxy) is 1. The second-order valence-electron chi connectivity index (χ2n) is 11.3. The first kappa shape index (κ1) is 24.9. The van der Waals surface area contributed by atoms with Crippen LogP contribution in [-0.2, 0) is 4.79 Å². The van der Waals surface area contributed by atoms with E-state index in [0.29, 0.717) is 41.9 Å². The van der Waals surface area contributed by atoms with Gasteiger partial charge in [0, 0.05) is 44.2 Å². The zero-order valence-corrected chi connectivity index (χ0v) is 22.2. The maximum absolute atomic E-state index is 13.2. The molecule has 3 fully saturated rings. The minimum absolute atomic E-state index is 0.0478. The third-order valence-electron chi connectivity index (χ3n) is 8.67. The van der Waals surface area contributed by atoms with E-state index < -0.39 is 0 Å². The minimum Gasteiger partial charge on any atom is -0.483 e. The lowest BCUT2D eigenvalue weighted by atomic mass is 9.92. The summed E-state index contributed by atoms with van der Waals surface area (Å²) in [6.45, 7) is 7.19. The molecule has 2 amide bonds. The summed E-state index contributed by atoms with van der Waals surface area (Å²) in [5.74, 6) is 2.22. The number of carbonyl (C=O) groups excluding carboxylic acids is 2. The van der Waals surface area contributed by atoms with E-state index in [1.165, 1.54) is 11.1 Å². The van der Waals surface area contributed by atoms with Gasteiger partial charge in [-0.2, -0.15) is 15.4 Å². The van der Waals surface area contributed by atoms with E-state index in [1.807, 2.05) is 28.0 Å². The number of rotatable bonds is 5. The van der Waals surface area contributed by atoms with Crippen molar-refractivity contribution < 1.29 is 14.3 Å². The van der Waals surface area contributed by atoms with Crippen LogP contribution < -0.4 is 4.74 Å². The highest BCUT2D eigenvalue weighted by molar-refractivity contribution is 5.97. The molecule has 0 saturated carbocycles. The van der Waals surface area contributed by atoms with Gasteiger partial charge in [-0.15, -0.1) is 0 Å². The molecule has 3 aliphatic heterocycles. The molecule has 9 heteroatoms. The molecule has 38 heavy (non-hydrogen) atoms. The van der Waals surface area contributed by atoms with Crippen molar-refractivity contribution in [2.45, 2.75) is 32.1 Å².